The van der Waals surface area contributed by atoms with Gasteiger partial charge in [0, 0.05) is 7.05 Å². The Hall–Kier alpha value is -2.02. The Morgan fingerprint density at radius 1 is 1.47 bits per heavy atom. The number of rotatable bonds is 3. The molecule has 15 heavy (non-hydrogen) atoms. The fourth-order valence-corrected chi connectivity index (χ4v) is 1.22. The molecule has 1 amide bonds. The molecule has 0 bridgehead atoms. The Morgan fingerprint density at radius 3 is 2.73 bits per heavy atom. The molecule has 4 nitrogen and oxygen atoms in total. The van der Waals surface area contributed by atoms with Crippen molar-refractivity contribution in [2.24, 2.45) is 0 Å². The minimum Gasteiger partial charge on any atom is -0.373 e. The standard InChI is InChI=1S/C11H13N3O/c1-8(11(15)13-2)14-10-6-4-3-5-9(10)7-12/h3-6,8,14H,1-2H3,(H,13,15). The van der Waals surface area contributed by atoms with Crippen LogP contribution in [-0.4, -0.2) is 19.0 Å². The van der Waals surface area contributed by atoms with Crippen LogP contribution in [0.4, 0.5) is 5.69 Å². The summed E-state index contributed by atoms with van der Waals surface area (Å²) < 4.78 is 0. The van der Waals surface area contributed by atoms with Crippen LogP contribution in [0.25, 0.3) is 0 Å². The summed E-state index contributed by atoms with van der Waals surface area (Å²) in [5.41, 5.74) is 1.21. The second kappa shape index (κ2) is 5.01. The number of nitrogens with one attached hydrogen (secondary N) is 2. The van der Waals surface area contributed by atoms with Gasteiger partial charge in [0.25, 0.3) is 0 Å². The molecule has 1 aromatic carbocycles. The van der Waals surface area contributed by atoms with Crippen LogP contribution in [0.15, 0.2) is 24.3 Å². The van der Waals surface area contributed by atoms with Crippen LogP contribution in [-0.2, 0) is 4.79 Å². The maximum atomic E-state index is 11.3. The van der Waals surface area contributed by atoms with Gasteiger partial charge in [-0.25, -0.2) is 0 Å². The summed E-state index contributed by atoms with van der Waals surface area (Å²) in [4.78, 5) is 11.3. The average Bonchev–Trinajstić information content (AvgIpc) is 2.28. The molecule has 0 aliphatic rings. The summed E-state index contributed by atoms with van der Waals surface area (Å²) >= 11 is 0. The normalized spacial score (nSPS) is 11.3. The number of hydrogen-bond donors (Lipinski definition) is 2. The Balaban J connectivity index is 2.81. The Morgan fingerprint density at radius 2 is 2.13 bits per heavy atom. The lowest BCUT2D eigenvalue weighted by atomic mass is 10.2. The van der Waals surface area contributed by atoms with Crippen molar-refractivity contribution in [3.05, 3.63) is 29.8 Å². The summed E-state index contributed by atoms with van der Waals surface area (Å²) in [5.74, 6) is -0.109. The Kier molecular flexibility index (Phi) is 3.69. The van der Waals surface area contributed by atoms with Gasteiger partial charge in [0.1, 0.15) is 12.1 Å². The number of carbonyl (C=O) groups is 1. The first-order valence-corrected chi connectivity index (χ1v) is 4.66. The van der Waals surface area contributed by atoms with Crippen LogP contribution in [0.5, 0.6) is 0 Å². The van der Waals surface area contributed by atoms with Crippen LogP contribution in [0.2, 0.25) is 0 Å². The fourth-order valence-electron chi connectivity index (χ4n) is 1.22. The van der Waals surface area contributed by atoms with Crippen molar-refractivity contribution in [3.8, 4) is 6.07 Å². The highest BCUT2D eigenvalue weighted by atomic mass is 16.2. The van der Waals surface area contributed by atoms with Crippen LogP contribution < -0.4 is 10.6 Å². The van der Waals surface area contributed by atoms with Gasteiger partial charge >= 0.3 is 0 Å². The van der Waals surface area contributed by atoms with Gasteiger partial charge in [-0.15, -0.1) is 0 Å². The number of nitrogens with zero attached hydrogens (tertiary/aromatic N) is 1. The van der Waals surface area contributed by atoms with Gasteiger partial charge in [-0.3, -0.25) is 4.79 Å². The summed E-state index contributed by atoms with van der Waals surface area (Å²) in [7, 11) is 1.58. The molecule has 0 radical (unpaired) electrons. The van der Waals surface area contributed by atoms with E-state index < -0.39 is 0 Å². The van der Waals surface area contributed by atoms with Crippen LogP contribution in [0, 0.1) is 11.3 Å². The SMILES string of the molecule is CNC(=O)C(C)Nc1ccccc1C#N. The first-order valence-electron chi connectivity index (χ1n) is 4.66. The number of hydrogen-bond acceptors (Lipinski definition) is 3. The lowest BCUT2D eigenvalue weighted by Gasteiger charge is -2.14. The van der Waals surface area contributed by atoms with E-state index in [2.05, 4.69) is 16.7 Å². The molecule has 78 valence electrons. The lowest BCUT2D eigenvalue weighted by Crippen LogP contribution is -2.35. The van der Waals surface area contributed by atoms with Gasteiger partial charge in [-0.1, -0.05) is 12.1 Å². The maximum Gasteiger partial charge on any atom is 0.241 e. The monoisotopic (exact) mass is 203 g/mol. The van der Waals surface area contributed by atoms with E-state index in [0.29, 0.717) is 11.3 Å². The van der Waals surface area contributed by atoms with Crippen molar-refractivity contribution in [2.45, 2.75) is 13.0 Å². The molecule has 0 aliphatic carbocycles. The molecule has 4 heteroatoms. The van der Waals surface area contributed by atoms with Gasteiger partial charge in [0.2, 0.25) is 5.91 Å². The minimum absolute atomic E-state index is 0.109. The highest BCUT2D eigenvalue weighted by molar-refractivity contribution is 5.84. The molecule has 1 rings (SSSR count). The zero-order chi connectivity index (χ0) is 11.3. The molecule has 0 saturated carbocycles. The minimum atomic E-state index is -0.357. The number of anilines is 1. The molecule has 1 aromatic rings. The van der Waals surface area contributed by atoms with Crippen LogP contribution in [0.1, 0.15) is 12.5 Å². The van der Waals surface area contributed by atoms with Crippen molar-refractivity contribution in [2.75, 3.05) is 12.4 Å². The molecular formula is C11H13N3O. The summed E-state index contributed by atoms with van der Waals surface area (Å²) in [6, 6.07) is 8.79. The molecule has 0 saturated heterocycles. The van der Waals surface area contributed by atoms with Gasteiger partial charge < -0.3 is 10.6 Å². The summed E-state index contributed by atoms with van der Waals surface area (Å²) in [6.07, 6.45) is 0. The molecule has 2 N–H and O–H groups in total. The lowest BCUT2D eigenvalue weighted by molar-refractivity contribution is -0.121. The average molecular weight is 203 g/mol. The molecule has 1 atom stereocenters. The van der Waals surface area contributed by atoms with E-state index in [0.717, 1.165) is 0 Å². The first kappa shape index (κ1) is 11.1. The van der Waals surface area contributed by atoms with Gasteiger partial charge in [-0.05, 0) is 19.1 Å². The van der Waals surface area contributed by atoms with Crippen LogP contribution >= 0.6 is 0 Å². The molecule has 0 fully saturated rings. The molecule has 0 heterocycles. The number of para-hydroxylation sites is 1. The second-order valence-corrected chi connectivity index (χ2v) is 3.14. The van der Waals surface area contributed by atoms with Crippen molar-refractivity contribution < 1.29 is 4.79 Å². The quantitative estimate of drug-likeness (QED) is 0.773. The van der Waals surface area contributed by atoms with Gasteiger partial charge in [0.15, 0.2) is 0 Å². The smallest absolute Gasteiger partial charge is 0.241 e. The van der Waals surface area contributed by atoms with E-state index in [1.54, 1.807) is 32.2 Å². The van der Waals surface area contributed by atoms with Gasteiger partial charge in [0.05, 0.1) is 11.3 Å². The number of benzene rings is 1. The number of carbonyl (C=O) groups excluding carboxylic acids is 1. The van der Waals surface area contributed by atoms with Crippen molar-refractivity contribution in [1.29, 1.82) is 5.26 Å². The molecule has 0 aliphatic heterocycles. The van der Waals surface area contributed by atoms with E-state index in [1.807, 2.05) is 6.07 Å². The Bertz CT molecular complexity index is 395. The number of likely N-dealkylation sites (N-methyl/N-ethyl adjacent to an activating group) is 1. The van der Waals surface area contributed by atoms with Crippen molar-refractivity contribution >= 4 is 11.6 Å². The third kappa shape index (κ3) is 2.71. The van der Waals surface area contributed by atoms with E-state index in [-0.39, 0.29) is 11.9 Å². The van der Waals surface area contributed by atoms with Crippen molar-refractivity contribution in [1.82, 2.24) is 5.32 Å². The third-order valence-electron chi connectivity index (χ3n) is 2.06. The predicted octanol–water partition coefficient (Wildman–Crippen LogP) is 1.10. The topological polar surface area (TPSA) is 64.9 Å². The summed E-state index contributed by atoms with van der Waals surface area (Å²) in [6.45, 7) is 1.74. The summed E-state index contributed by atoms with van der Waals surface area (Å²) in [5, 5.41) is 14.4. The highest BCUT2D eigenvalue weighted by Crippen LogP contribution is 2.14. The maximum absolute atomic E-state index is 11.3. The van der Waals surface area contributed by atoms with E-state index in [1.165, 1.54) is 0 Å². The molecule has 0 spiro atoms. The second-order valence-electron chi connectivity index (χ2n) is 3.14. The number of nitriles is 1. The third-order valence-corrected chi connectivity index (χ3v) is 2.06. The molecule has 1 unspecified atom stereocenters. The molecule has 0 aromatic heterocycles. The van der Waals surface area contributed by atoms with Crippen LogP contribution in [0.3, 0.4) is 0 Å². The zero-order valence-corrected chi connectivity index (χ0v) is 8.74. The van der Waals surface area contributed by atoms with Gasteiger partial charge in [-0.2, -0.15) is 5.26 Å². The van der Waals surface area contributed by atoms with E-state index >= 15 is 0 Å². The zero-order valence-electron chi connectivity index (χ0n) is 8.74. The van der Waals surface area contributed by atoms with E-state index in [9.17, 15) is 4.79 Å². The Labute approximate surface area is 88.9 Å². The van der Waals surface area contributed by atoms with Crippen molar-refractivity contribution in [3.63, 3.8) is 0 Å². The predicted molar refractivity (Wildman–Crippen MR) is 58.3 cm³/mol. The highest BCUT2D eigenvalue weighted by Gasteiger charge is 2.11. The molecular weight excluding hydrogens is 190 g/mol. The fraction of sp³-hybridized carbons (Fsp3) is 0.273. The van der Waals surface area contributed by atoms with E-state index in [4.69, 9.17) is 5.26 Å². The number of amides is 1. The largest absolute Gasteiger partial charge is 0.373 e. The first-order chi connectivity index (χ1) is 7.19.